The van der Waals surface area contributed by atoms with Gasteiger partial charge < -0.3 is 10.1 Å². The summed E-state index contributed by atoms with van der Waals surface area (Å²) >= 11 is 3.40. The molecule has 0 saturated heterocycles. The topological polar surface area (TPSA) is 34.1 Å². The first-order valence-electron chi connectivity index (χ1n) is 6.55. The van der Waals surface area contributed by atoms with E-state index in [9.17, 15) is 0 Å². The summed E-state index contributed by atoms with van der Waals surface area (Å²) in [6.45, 7) is 7.21. The smallest absolute Gasteiger partial charge is 0.146 e. The molecule has 3 nitrogen and oxygen atoms in total. The van der Waals surface area contributed by atoms with Gasteiger partial charge in [0.15, 0.2) is 0 Å². The van der Waals surface area contributed by atoms with Crippen LogP contribution in [0.4, 0.5) is 0 Å². The van der Waals surface area contributed by atoms with Crippen LogP contribution in [0.25, 0.3) is 0 Å². The number of hydrogen-bond donors (Lipinski definition) is 1. The summed E-state index contributed by atoms with van der Waals surface area (Å²) in [5.74, 6) is 1.58. The molecular formula is C16H19BrN2O. The maximum Gasteiger partial charge on any atom is 0.146 e. The summed E-state index contributed by atoms with van der Waals surface area (Å²) in [6, 6.07) is 9.94. The fourth-order valence-corrected chi connectivity index (χ4v) is 2.03. The zero-order chi connectivity index (χ0) is 14.6. The SMILES string of the molecule is CC(C)(C)NCc1ccccc1Oc1cncc(Br)c1. The maximum absolute atomic E-state index is 5.92. The van der Waals surface area contributed by atoms with Crippen LogP contribution in [0.1, 0.15) is 26.3 Å². The van der Waals surface area contributed by atoms with Gasteiger partial charge in [0.2, 0.25) is 0 Å². The van der Waals surface area contributed by atoms with E-state index in [-0.39, 0.29) is 5.54 Å². The molecule has 1 N–H and O–H groups in total. The van der Waals surface area contributed by atoms with Gasteiger partial charge in [-0.25, -0.2) is 0 Å². The molecule has 0 spiro atoms. The third-order valence-corrected chi connectivity index (χ3v) is 3.12. The third kappa shape index (κ3) is 4.62. The van der Waals surface area contributed by atoms with Crippen LogP contribution in [-0.4, -0.2) is 10.5 Å². The van der Waals surface area contributed by atoms with E-state index in [0.29, 0.717) is 0 Å². The quantitative estimate of drug-likeness (QED) is 0.892. The van der Waals surface area contributed by atoms with Crippen LogP contribution in [0.5, 0.6) is 11.5 Å². The van der Waals surface area contributed by atoms with Crippen LogP contribution in [-0.2, 0) is 6.54 Å². The number of benzene rings is 1. The Labute approximate surface area is 128 Å². The van der Waals surface area contributed by atoms with Gasteiger partial charge in [-0.1, -0.05) is 18.2 Å². The van der Waals surface area contributed by atoms with Gasteiger partial charge in [-0.2, -0.15) is 0 Å². The maximum atomic E-state index is 5.92. The molecule has 1 aromatic carbocycles. The lowest BCUT2D eigenvalue weighted by molar-refractivity contribution is 0.414. The van der Waals surface area contributed by atoms with Crippen LogP contribution in [0.15, 0.2) is 47.2 Å². The molecule has 0 saturated carbocycles. The Balaban J connectivity index is 2.15. The van der Waals surface area contributed by atoms with Crippen LogP contribution in [0.3, 0.4) is 0 Å². The van der Waals surface area contributed by atoms with Gasteiger partial charge in [-0.15, -0.1) is 0 Å². The molecule has 0 unspecified atom stereocenters. The molecule has 0 aliphatic heterocycles. The predicted octanol–water partition coefficient (Wildman–Crippen LogP) is 4.52. The van der Waals surface area contributed by atoms with E-state index >= 15 is 0 Å². The molecule has 2 aromatic rings. The summed E-state index contributed by atoms with van der Waals surface area (Å²) < 4.78 is 6.83. The van der Waals surface area contributed by atoms with E-state index in [2.05, 4.69) is 53.1 Å². The van der Waals surface area contributed by atoms with Gasteiger partial charge in [-0.05, 0) is 48.8 Å². The Hall–Kier alpha value is -1.39. The monoisotopic (exact) mass is 334 g/mol. The molecule has 0 aliphatic rings. The van der Waals surface area contributed by atoms with Crippen molar-refractivity contribution >= 4 is 15.9 Å². The molecule has 0 bridgehead atoms. The van der Waals surface area contributed by atoms with E-state index in [1.54, 1.807) is 12.4 Å². The van der Waals surface area contributed by atoms with Crippen molar-refractivity contribution < 1.29 is 4.74 Å². The average Bonchev–Trinajstić information content (AvgIpc) is 2.37. The van der Waals surface area contributed by atoms with Crippen molar-refractivity contribution in [3.8, 4) is 11.5 Å². The second kappa shape index (κ2) is 6.37. The molecule has 1 aromatic heterocycles. The Bertz CT molecular complexity index is 579. The van der Waals surface area contributed by atoms with Gasteiger partial charge >= 0.3 is 0 Å². The Morgan fingerprint density at radius 1 is 1.20 bits per heavy atom. The molecule has 20 heavy (non-hydrogen) atoms. The molecular weight excluding hydrogens is 316 g/mol. The summed E-state index contributed by atoms with van der Waals surface area (Å²) in [5.41, 5.74) is 1.20. The summed E-state index contributed by atoms with van der Waals surface area (Å²) in [6.07, 6.45) is 3.44. The number of nitrogens with one attached hydrogen (secondary N) is 1. The molecule has 2 rings (SSSR count). The van der Waals surface area contributed by atoms with E-state index < -0.39 is 0 Å². The van der Waals surface area contributed by atoms with Gasteiger partial charge in [0.1, 0.15) is 11.5 Å². The van der Waals surface area contributed by atoms with Crippen LogP contribution in [0.2, 0.25) is 0 Å². The number of rotatable bonds is 4. The minimum atomic E-state index is 0.0739. The van der Waals surface area contributed by atoms with Crippen molar-refractivity contribution in [2.75, 3.05) is 0 Å². The number of pyridine rings is 1. The van der Waals surface area contributed by atoms with Crippen molar-refractivity contribution in [1.29, 1.82) is 0 Å². The number of para-hydroxylation sites is 1. The van der Waals surface area contributed by atoms with Crippen molar-refractivity contribution in [3.05, 3.63) is 52.8 Å². The van der Waals surface area contributed by atoms with Gasteiger partial charge in [0.25, 0.3) is 0 Å². The Kier molecular flexibility index (Phi) is 4.78. The lowest BCUT2D eigenvalue weighted by atomic mass is 10.1. The third-order valence-electron chi connectivity index (χ3n) is 2.69. The van der Waals surface area contributed by atoms with Crippen molar-refractivity contribution in [1.82, 2.24) is 10.3 Å². The summed E-state index contributed by atoms with van der Waals surface area (Å²) in [4.78, 5) is 4.11. The summed E-state index contributed by atoms with van der Waals surface area (Å²) in [5, 5.41) is 3.47. The van der Waals surface area contributed by atoms with Gasteiger partial charge in [-0.3, -0.25) is 4.98 Å². The Morgan fingerprint density at radius 3 is 2.65 bits per heavy atom. The van der Waals surface area contributed by atoms with E-state index in [1.807, 2.05) is 24.3 Å². The first-order valence-corrected chi connectivity index (χ1v) is 7.35. The zero-order valence-electron chi connectivity index (χ0n) is 12.0. The molecule has 0 atom stereocenters. The highest BCUT2D eigenvalue weighted by atomic mass is 79.9. The number of nitrogens with zero attached hydrogens (tertiary/aromatic N) is 1. The molecule has 4 heteroatoms. The van der Waals surface area contributed by atoms with E-state index in [1.165, 1.54) is 0 Å². The zero-order valence-corrected chi connectivity index (χ0v) is 13.6. The largest absolute Gasteiger partial charge is 0.455 e. The normalized spacial score (nSPS) is 11.4. The van der Waals surface area contributed by atoms with Crippen LogP contribution in [0, 0.1) is 0 Å². The molecule has 0 fully saturated rings. The fourth-order valence-electron chi connectivity index (χ4n) is 1.68. The second-order valence-corrected chi connectivity index (χ2v) is 6.57. The van der Waals surface area contributed by atoms with Gasteiger partial charge in [0, 0.05) is 28.3 Å². The van der Waals surface area contributed by atoms with E-state index in [0.717, 1.165) is 28.1 Å². The fraction of sp³-hybridized carbons (Fsp3) is 0.312. The predicted molar refractivity (Wildman–Crippen MR) is 85.0 cm³/mol. The van der Waals surface area contributed by atoms with Gasteiger partial charge in [0.05, 0.1) is 6.20 Å². The first kappa shape index (κ1) is 15.0. The number of aromatic nitrogens is 1. The minimum absolute atomic E-state index is 0.0739. The first-order chi connectivity index (χ1) is 9.44. The molecule has 0 amide bonds. The highest BCUT2D eigenvalue weighted by Gasteiger charge is 2.11. The molecule has 0 radical (unpaired) electrons. The number of hydrogen-bond acceptors (Lipinski definition) is 3. The lowest BCUT2D eigenvalue weighted by Gasteiger charge is -2.21. The van der Waals surface area contributed by atoms with E-state index in [4.69, 9.17) is 4.74 Å². The summed E-state index contributed by atoms with van der Waals surface area (Å²) in [7, 11) is 0. The van der Waals surface area contributed by atoms with Crippen LogP contribution >= 0.6 is 15.9 Å². The molecule has 106 valence electrons. The standard InChI is InChI=1S/C16H19BrN2O/c1-16(2,3)19-9-12-6-4-5-7-15(12)20-14-8-13(17)10-18-11-14/h4-8,10-11,19H,9H2,1-3H3. The van der Waals surface area contributed by atoms with Crippen molar-refractivity contribution in [2.24, 2.45) is 0 Å². The average molecular weight is 335 g/mol. The molecule has 0 aliphatic carbocycles. The molecule has 1 heterocycles. The van der Waals surface area contributed by atoms with Crippen molar-refractivity contribution in [3.63, 3.8) is 0 Å². The van der Waals surface area contributed by atoms with Crippen molar-refractivity contribution in [2.45, 2.75) is 32.9 Å². The number of ether oxygens (including phenoxy) is 1. The number of halogens is 1. The minimum Gasteiger partial charge on any atom is -0.455 e. The second-order valence-electron chi connectivity index (χ2n) is 5.65. The highest BCUT2D eigenvalue weighted by molar-refractivity contribution is 9.10. The van der Waals surface area contributed by atoms with Crippen LogP contribution < -0.4 is 10.1 Å². The lowest BCUT2D eigenvalue weighted by Crippen LogP contribution is -2.35. The highest BCUT2D eigenvalue weighted by Crippen LogP contribution is 2.26. The Morgan fingerprint density at radius 2 is 1.95 bits per heavy atom.